The third-order valence-electron chi connectivity index (χ3n) is 3.29. The van der Waals surface area contributed by atoms with Crippen LogP contribution in [0.3, 0.4) is 0 Å². The maximum atomic E-state index is 6.02. The van der Waals surface area contributed by atoms with Crippen LogP contribution < -0.4 is 5.73 Å². The molecule has 0 aromatic heterocycles. The van der Waals surface area contributed by atoms with Crippen molar-refractivity contribution < 1.29 is 0 Å². The first-order chi connectivity index (χ1) is 5.52. The Bertz CT molecular complexity index is 168. The topological polar surface area (TPSA) is 26.0 Å². The van der Waals surface area contributed by atoms with Crippen molar-refractivity contribution in [1.82, 2.24) is 0 Å². The van der Waals surface area contributed by atoms with E-state index in [1.165, 1.54) is 12.8 Å². The molecule has 1 heteroatoms. The second kappa shape index (κ2) is 3.61. The SMILES string of the molecule is C=C(C)C(N)C(C)C1CC(C)C1. The van der Waals surface area contributed by atoms with Gasteiger partial charge in [-0.05, 0) is 37.5 Å². The van der Waals surface area contributed by atoms with Gasteiger partial charge in [-0.25, -0.2) is 0 Å². The van der Waals surface area contributed by atoms with Crippen molar-refractivity contribution in [3.05, 3.63) is 12.2 Å². The highest BCUT2D eigenvalue weighted by atomic mass is 14.7. The highest BCUT2D eigenvalue weighted by molar-refractivity contribution is 5.04. The molecular formula is C11H21N. The summed E-state index contributed by atoms with van der Waals surface area (Å²) in [6.07, 6.45) is 2.73. The predicted octanol–water partition coefficient (Wildman–Crippen LogP) is 2.57. The summed E-state index contributed by atoms with van der Waals surface area (Å²) in [4.78, 5) is 0. The summed E-state index contributed by atoms with van der Waals surface area (Å²) < 4.78 is 0. The van der Waals surface area contributed by atoms with Gasteiger partial charge in [-0.1, -0.05) is 26.0 Å². The number of rotatable bonds is 3. The van der Waals surface area contributed by atoms with Gasteiger partial charge >= 0.3 is 0 Å². The molecule has 0 aliphatic heterocycles. The van der Waals surface area contributed by atoms with Gasteiger partial charge in [-0.3, -0.25) is 0 Å². The minimum atomic E-state index is 0.211. The summed E-state index contributed by atoms with van der Waals surface area (Å²) in [6, 6.07) is 0.211. The Balaban J connectivity index is 2.37. The van der Waals surface area contributed by atoms with E-state index < -0.39 is 0 Å². The molecule has 0 bridgehead atoms. The number of hydrogen-bond donors (Lipinski definition) is 1. The van der Waals surface area contributed by atoms with Gasteiger partial charge in [0.15, 0.2) is 0 Å². The summed E-state index contributed by atoms with van der Waals surface area (Å²) in [5.41, 5.74) is 7.14. The summed E-state index contributed by atoms with van der Waals surface area (Å²) in [7, 11) is 0. The molecule has 2 atom stereocenters. The Hall–Kier alpha value is -0.300. The minimum absolute atomic E-state index is 0.211. The van der Waals surface area contributed by atoms with E-state index >= 15 is 0 Å². The van der Waals surface area contributed by atoms with Crippen molar-refractivity contribution in [1.29, 1.82) is 0 Å². The standard InChI is InChI=1S/C11H21N/c1-7(2)11(12)9(4)10-5-8(3)6-10/h8-11H,1,5-6,12H2,2-4H3. The molecule has 1 fully saturated rings. The molecule has 1 nitrogen and oxygen atoms in total. The zero-order chi connectivity index (χ0) is 9.30. The van der Waals surface area contributed by atoms with Gasteiger partial charge in [0.05, 0.1) is 0 Å². The average molecular weight is 167 g/mol. The fourth-order valence-corrected chi connectivity index (χ4v) is 2.14. The van der Waals surface area contributed by atoms with E-state index in [1.54, 1.807) is 0 Å². The van der Waals surface area contributed by atoms with Crippen LogP contribution in [0.1, 0.15) is 33.6 Å². The molecule has 1 saturated carbocycles. The maximum absolute atomic E-state index is 6.02. The van der Waals surface area contributed by atoms with Gasteiger partial charge in [-0.15, -0.1) is 0 Å². The first-order valence-corrected chi connectivity index (χ1v) is 4.93. The summed E-state index contributed by atoms with van der Waals surface area (Å²) in [5, 5.41) is 0. The van der Waals surface area contributed by atoms with Crippen LogP contribution in [0.2, 0.25) is 0 Å². The van der Waals surface area contributed by atoms with E-state index in [1.807, 2.05) is 6.92 Å². The van der Waals surface area contributed by atoms with Crippen molar-refractivity contribution in [2.75, 3.05) is 0 Å². The Morgan fingerprint density at radius 3 is 2.33 bits per heavy atom. The molecule has 0 saturated heterocycles. The van der Waals surface area contributed by atoms with Gasteiger partial charge in [0, 0.05) is 6.04 Å². The summed E-state index contributed by atoms with van der Waals surface area (Å²) in [6.45, 7) is 10.5. The van der Waals surface area contributed by atoms with E-state index in [2.05, 4.69) is 20.4 Å². The molecule has 0 heterocycles. The summed E-state index contributed by atoms with van der Waals surface area (Å²) >= 11 is 0. The van der Waals surface area contributed by atoms with E-state index in [9.17, 15) is 0 Å². The first-order valence-electron chi connectivity index (χ1n) is 4.93. The highest BCUT2D eigenvalue weighted by Crippen LogP contribution is 2.39. The minimum Gasteiger partial charge on any atom is -0.324 e. The van der Waals surface area contributed by atoms with Crippen molar-refractivity contribution >= 4 is 0 Å². The lowest BCUT2D eigenvalue weighted by Gasteiger charge is -2.39. The van der Waals surface area contributed by atoms with Crippen LogP contribution in [0.15, 0.2) is 12.2 Å². The lowest BCUT2D eigenvalue weighted by Crippen LogP contribution is -2.39. The van der Waals surface area contributed by atoms with E-state index in [0.29, 0.717) is 5.92 Å². The second-order valence-corrected chi connectivity index (χ2v) is 4.57. The van der Waals surface area contributed by atoms with Crippen LogP contribution in [0.25, 0.3) is 0 Å². The zero-order valence-electron chi connectivity index (χ0n) is 8.51. The smallest absolute Gasteiger partial charge is 0.0276 e. The molecule has 0 amide bonds. The van der Waals surface area contributed by atoms with Crippen LogP contribution in [0.5, 0.6) is 0 Å². The molecule has 2 unspecified atom stereocenters. The van der Waals surface area contributed by atoms with Gasteiger partial charge in [0.25, 0.3) is 0 Å². The molecule has 1 rings (SSSR count). The molecule has 12 heavy (non-hydrogen) atoms. The molecule has 1 aliphatic rings. The van der Waals surface area contributed by atoms with Crippen LogP contribution in [0, 0.1) is 17.8 Å². The van der Waals surface area contributed by atoms with Gasteiger partial charge in [-0.2, -0.15) is 0 Å². The largest absolute Gasteiger partial charge is 0.324 e. The van der Waals surface area contributed by atoms with Crippen LogP contribution >= 0.6 is 0 Å². The fraction of sp³-hybridized carbons (Fsp3) is 0.818. The van der Waals surface area contributed by atoms with Gasteiger partial charge < -0.3 is 5.73 Å². The highest BCUT2D eigenvalue weighted by Gasteiger charge is 2.32. The van der Waals surface area contributed by atoms with Gasteiger partial charge in [0.2, 0.25) is 0 Å². The predicted molar refractivity (Wildman–Crippen MR) is 53.8 cm³/mol. The molecule has 0 aromatic rings. The quantitative estimate of drug-likeness (QED) is 0.642. The van der Waals surface area contributed by atoms with Crippen LogP contribution in [-0.2, 0) is 0 Å². The number of hydrogen-bond acceptors (Lipinski definition) is 1. The Morgan fingerprint density at radius 2 is 2.00 bits per heavy atom. The fourth-order valence-electron chi connectivity index (χ4n) is 2.14. The van der Waals surface area contributed by atoms with E-state index in [4.69, 9.17) is 5.73 Å². The monoisotopic (exact) mass is 167 g/mol. The third-order valence-corrected chi connectivity index (χ3v) is 3.29. The second-order valence-electron chi connectivity index (χ2n) is 4.57. The first kappa shape index (κ1) is 9.79. The Kier molecular flexibility index (Phi) is 2.94. The third kappa shape index (κ3) is 1.89. The molecule has 70 valence electrons. The lowest BCUT2D eigenvalue weighted by molar-refractivity contribution is 0.136. The Labute approximate surface area is 76.0 Å². The summed E-state index contributed by atoms with van der Waals surface area (Å²) in [5.74, 6) is 2.40. The van der Waals surface area contributed by atoms with E-state index in [0.717, 1.165) is 17.4 Å². The zero-order valence-corrected chi connectivity index (χ0v) is 8.51. The van der Waals surface area contributed by atoms with Crippen molar-refractivity contribution in [3.63, 3.8) is 0 Å². The van der Waals surface area contributed by atoms with Crippen LogP contribution in [-0.4, -0.2) is 6.04 Å². The van der Waals surface area contributed by atoms with Crippen LogP contribution in [0.4, 0.5) is 0 Å². The molecule has 2 N–H and O–H groups in total. The normalized spacial score (nSPS) is 33.7. The lowest BCUT2D eigenvalue weighted by atomic mass is 9.67. The maximum Gasteiger partial charge on any atom is 0.0276 e. The van der Waals surface area contributed by atoms with Crippen molar-refractivity contribution in [2.45, 2.75) is 39.7 Å². The molecule has 1 aliphatic carbocycles. The van der Waals surface area contributed by atoms with Crippen molar-refractivity contribution in [3.8, 4) is 0 Å². The molecule has 0 aromatic carbocycles. The average Bonchev–Trinajstić information content (AvgIpc) is 1.95. The Morgan fingerprint density at radius 1 is 1.50 bits per heavy atom. The molecular weight excluding hydrogens is 146 g/mol. The molecule has 0 radical (unpaired) electrons. The van der Waals surface area contributed by atoms with Crippen molar-refractivity contribution in [2.24, 2.45) is 23.5 Å². The van der Waals surface area contributed by atoms with E-state index in [-0.39, 0.29) is 6.04 Å². The number of nitrogens with two attached hydrogens (primary N) is 1. The molecule has 0 spiro atoms. The van der Waals surface area contributed by atoms with Gasteiger partial charge in [0.1, 0.15) is 0 Å².